The Labute approximate surface area is 148 Å². The zero-order chi connectivity index (χ0) is 18.5. The van der Waals surface area contributed by atoms with Crippen LogP contribution in [0.2, 0.25) is 0 Å². The van der Waals surface area contributed by atoms with Crippen LogP contribution < -0.4 is 18.9 Å². The number of methoxy groups -OCH3 is 1. The maximum atomic E-state index is 12.3. The van der Waals surface area contributed by atoms with Crippen molar-refractivity contribution >= 4 is 11.9 Å². The molecular formula is C19H16F2O5. The van der Waals surface area contributed by atoms with Gasteiger partial charge < -0.3 is 18.9 Å². The molecule has 0 fully saturated rings. The summed E-state index contributed by atoms with van der Waals surface area (Å²) in [6.07, 6.45) is 2.95. The van der Waals surface area contributed by atoms with Crippen LogP contribution in [0.1, 0.15) is 15.9 Å². The molecule has 0 amide bonds. The van der Waals surface area contributed by atoms with Gasteiger partial charge in [0, 0.05) is 5.56 Å². The molecule has 0 N–H and O–H groups in total. The van der Waals surface area contributed by atoms with Crippen LogP contribution in [0, 0.1) is 0 Å². The van der Waals surface area contributed by atoms with E-state index in [0.29, 0.717) is 35.8 Å². The zero-order valence-corrected chi connectivity index (χ0v) is 13.9. The van der Waals surface area contributed by atoms with Gasteiger partial charge in [-0.2, -0.15) is 8.78 Å². The van der Waals surface area contributed by atoms with Gasteiger partial charge in [0.25, 0.3) is 0 Å². The van der Waals surface area contributed by atoms with Crippen LogP contribution in [0.4, 0.5) is 8.78 Å². The summed E-state index contributed by atoms with van der Waals surface area (Å²) in [7, 11) is 1.35. The highest BCUT2D eigenvalue weighted by Crippen LogP contribution is 2.32. The summed E-state index contributed by atoms with van der Waals surface area (Å²) in [5.41, 5.74) is 1.06. The molecule has 2 aromatic rings. The molecule has 7 heteroatoms. The van der Waals surface area contributed by atoms with Crippen molar-refractivity contribution in [2.75, 3.05) is 20.3 Å². The van der Waals surface area contributed by atoms with E-state index in [-0.39, 0.29) is 17.3 Å². The fourth-order valence-electron chi connectivity index (χ4n) is 2.45. The number of fused-ring (bicyclic) bond motifs is 1. The van der Waals surface area contributed by atoms with Crippen LogP contribution in [0.3, 0.4) is 0 Å². The van der Waals surface area contributed by atoms with E-state index in [0.717, 1.165) is 0 Å². The van der Waals surface area contributed by atoms with E-state index in [4.69, 9.17) is 14.2 Å². The molecule has 5 nitrogen and oxygen atoms in total. The van der Waals surface area contributed by atoms with Crippen molar-refractivity contribution in [2.24, 2.45) is 0 Å². The third-order valence-corrected chi connectivity index (χ3v) is 3.66. The predicted molar refractivity (Wildman–Crippen MR) is 90.4 cm³/mol. The monoisotopic (exact) mass is 362 g/mol. The average Bonchev–Trinajstić information content (AvgIpc) is 2.66. The van der Waals surface area contributed by atoms with E-state index in [9.17, 15) is 13.6 Å². The number of hydrogen-bond acceptors (Lipinski definition) is 5. The Morgan fingerprint density at radius 1 is 1.08 bits per heavy atom. The molecule has 0 bridgehead atoms. The number of rotatable bonds is 6. The van der Waals surface area contributed by atoms with Gasteiger partial charge in [-0.1, -0.05) is 12.1 Å². The molecular weight excluding hydrogens is 346 g/mol. The second-order valence-electron chi connectivity index (χ2n) is 5.34. The molecule has 0 saturated heterocycles. The predicted octanol–water partition coefficient (Wildman–Crippen LogP) is 3.96. The Balaban J connectivity index is 1.75. The van der Waals surface area contributed by atoms with E-state index in [1.54, 1.807) is 30.3 Å². The number of alkyl halides is 2. The number of ether oxygens (including phenoxy) is 4. The fraction of sp³-hybridized carbons (Fsp3) is 0.211. The minimum Gasteiger partial charge on any atom is -0.493 e. The zero-order valence-electron chi connectivity index (χ0n) is 13.9. The third-order valence-electron chi connectivity index (χ3n) is 3.66. The van der Waals surface area contributed by atoms with E-state index < -0.39 is 6.61 Å². The van der Waals surface area contributed by atoms with Crippen LogP contribution in [-0.2, 0) is 0 Å². The van der Waals surface area contributed by atoms with Gasteiger partial charge in [0.2, 0.25) is 0 Å². The van der Waals surface area contributed by atoms with E-state index in [2.05, 4.69) is 4.74 Å². The maximum absolute atomic E-state index is 12.3. The Morgan fingerprint density at radius 2 is 1.85 bits per heavy atom. The lowest BCUT2D eigenvalue weighted by atomic mass is 10.1. The summed E-state index contributed by atoms with van der Waals surface area (Å²) in [6.45, 7) is -2.03. The first-order chi connectivity index (χ1) is 12.6. The standard InChI is InChI=1S/C19H16F2O5/c1-23-17-10-12(3-6-16(17)26-19(20)21)2-5-14(22)13-4-7-15-18(11-13)25-9-8-24-15/h2-7,10-11,19H,8-9H2,1H3. The summed E-state index contributed by atoms with van der Waals surface area (Å²) < 4.78 is 45.0. The number of halogens is 2. The molecule has 136 valence electrons. The van der Waals surface area contributed by atoms with Crippen LogP contribution in [0.5, 0.6) is 23.0 Å². The summed E-state index contributed by atoms with van der Waals surface area (Å²) in [5, 5.41) is 0. The molecule has 0 saturated carbocycles. The number of carbonyl (C=O) groups excluding carboxylic acids is 1. The minimum absolute atomic E-state index is 0.0715. The molecule has 2 aromatic carbocycles. The first kappa shape index (κ1) is 17.7. The van der Waals surface area contributed by atoms with Gasteiger partial charge in [-0.3, -0.25) is 4.79 Å². The number of allylic oxidation sites excluding steroid dienone is 1. The van der Waals surface area contributed by atoms with Gasteiger partial charge in [-0.05, 0) is 42.0 Å². The molecule has 1 heterocycles. The summed E-state index contributed by atoms with van der Waals surface area (Å²) in [6, 6.07) is 9.38. The second kappa shape index (κ2) is 7.86. The normalized spacial score (nSPS) is 13.1. The van der Waals surface area contributed by atoms with Crippen LogP contribution in [0.15, 0.2) is 42.5 Å². The SMILES string of the molecule is COc1cc(C=CC(=O)c2ccc3c(c2)OCCO3)ccc1OC(F)F. The highest BCUT2D eigenvalue weighted by molar-refractivity contribution is 6.07. The van der Waals surface area contributed by atoms with Crippen LogP contribution >= 0.6 is 0 Å². The lowest BCUT2D eigenvalue weighted by Gasteiger charge is -2.18. The average molecular weight is 362 g/mol. The second-order valence-corrected chi connectivity index (χ2v) is 5.34. The first-order valence-electron chi connectivity index (χ1n) is 7.82. The van der Waals surface area contributed by atoms with Crippen LogP contribution in [-0.4, -0.2) is 32.7 Å². The molecule has 0 aliphatic carbocycles. The largest absolute Gasteiger partial charge is 0.493 e. The molecule has 0 unspecified atom stereocenters. The molecule has 1 aliphatic rings. The maximum Gasteiger partial charge on any atom is 0.387 e. The van der Waals surface area contributed by atoms with Gasteiger partial charge >= 0.3 is 6.61 Å². The number of ketones is 1. The van der Waals surface area contributed by atoms with Crippen molar-refractivity contribution in [1.82, 2.24) is 0 Å². The molecule has 26 heavy (non-hydrogen) atoms. The third kappa shape index (κ3) is 4.11. The summed E-state index contributed by atoms with van der Waals surface area (Å²) >= 11 is 0. The first-order valence-corrected chi connectivity index (χ1v) is 7.82. The van der Waals surface area contributed by atoms with Crippen LogP contribution in [0.25, 0.3) is 6.08 Å². The number of carbonyl (C=O) groups is 1. The molecule has 0 aromatic heterocycles. The summed E-state index contributed by atoms with van der Waals surface area (Å²) in [5.74, 6) is 0.993. The molecule has 0 radical (unpaired) electrons. The fourth-order valence-corrected chi connectivity index (χ4v) is 2.45. The Bertz CT molecular complexity index is 833. The smallest absolute Gasteiger partial charge is 0.387 e. The highest BCUT2D eigenvalue weighted by Gasteiger charge is 2.14. The lowest BCUT2D eigenvalue weighted by molar-refractivity contribution is -0.0512. The Morgan fingerprint density at radius 3 is 2.58 bits per heavy atom. The van der Waals surface area contributed by atoms with E-state index in [1.807, 2.05) is 0 Å². The highest BCUT2D eigenvalue weighted by atomic mass is 19.3. The van der Waals surface area contributed by atoms with Gasteiger partial charge in [0.15, 0.2) is 28.8 Å². The molecule has 3 rings (SSSR count). The number of hydrogen-bond donors (Lipinski definition) is 0. The van der Waals surface area contributed by atoms with Crippen molar-refractivity contribution < 1.29 is 32.5 Å². The Hall–Kier alpha value is -3.09. The topological polar surface area (TPSA) is 54.0 Å². The minimum atomic E-state index is -2.94. The van der Waals surface area contributed by atoms with Gasteiger partial charge in [-0.15, -0.1) is 0 Å². The molecule has 1 aliphatic heterocycles. The van der Waals surface area contributed by atoms with E-state index >= 15 is 0 Å². The van der Waals surface area contributed by atoms with Crippen molar-refractivity contribution in [3.63, 3.8) is 0 Å². The quantitative estimate of drug-likeness (QED) is 0.575. The van der Waals surface area contributed by atoms with Gasteiger partial charge in [-0.25, -0.2) is 0 Å². The van der Waals surface area contributed by atoms with E-state index in [1.165, 1.54) is 25.3 Å². The van der Waals surface area contributed by atoms with Crippen molar-refractivity contribution in [3.05, 3.63) is 53.6 Å². The van der Waals surface area contributed by atoms with Crippen molar-refractivity contribution in [2.45, 2.75) is 6.61 Å². The van der Waals surface area contributed by atoms with Gasteiger partial charge in [0.1, 0.15) is 13.2 Å². The molecule has 0 atom stereocenters. The summed E-state index contributed by atoms with van der Waals surface area (Å²) in [4.78, 5) is 12.3. The molecule has 0 spiro atoms. The Kier molecular flexibility index (Phi) is 5.36. The van der Waals surface area contributed by atoms with Gasteiger partial charge in [0.05, 0.1) is 7.11 Å². The van der Waals surface area contributed by atoms with Crippen molar-refractivity contribution in [3.8, 4) is 23.0 Å². The van der Waals surface area contributed by atoms with Crippen molar-refractivity contribution in [1.29, 1.82) is 0 Å². The lowest BCUT2D eigenvalue weighted by Crippen LogP contribution is -2.15. The number of benzene rings is 2.